The lowest BCUT2D eigenvalue weighted by Crippen LogP contribution is -2.41. The monoisotopic (exact) mass is 265 g/mol. The van der Waals surface area contributed by atoms with Gasteiger partial charge in [0.05, 0.1) is 6.10 Å². The zero-order valence-electron chi connectivity index (χ0n) is 12.0. The van der Waals surface area contributed by atoms with Gasteiger partial charge in [-0.25, -0.2) is 0 Å². The van der Waals surface area contributed by atoms with E-state index in [0.29, 0.717) is 0 Å². The number of aliphatic hydroxyl groups is 1. The molecule has 0 saturated carbocycles. The minimum atomic E-state index is -0.645. The summed E-state index contributed by atoms with van der Waals surface area (Å²) in [5.74, 6) is -0.239. The van der Waals surface area contributed by atoms with E-state index in [1.165, 1.54) is 7.11 Å². The molecule has 0 radical (unpaired) electrons. The van der Waals surface area contributed by atoms with Crippen LogP contribution >= 0.6 is 0 Å². The van der Waals surface area contributed by atoms with Crippen molar-refractivity contribution in [1.82, 2.24) is 5.32 Å². The predicted molar refractivity (Wildman–Crippen MR) is 74.7 cm³/mol. The number of aliphatic hydroxyl groups excluding tert-OH is 1. The molecule has 4 nitrogen and oxygen atoms in total. The second-order valence-corrected chi connectivity index (χ2v) is 5.65. The number of carbonyl (C=O) groups is 1. The molecule has 0 aliphatic heterocycles. The third kappa shape index (κ3) is 4.65. The lowest BCUT2D eigenvalue weighted by atomic mass is 9.89. The van der Waals surface area contributed by atoms with Crippen molar-refractivity contribution in [3.63, 3.8) is 0 Å². The molecule has 1 rings (SSSR count). The zero-order valence-corrected chi connectivity index (χ0v) is 12.0. The Labute approximate surface area is 114 Å². The first-order valence-electron chi connectivity index (χ1n) is 6.39. The van der Waals surface area contributed by atoms with Crippen molar-refractivity contribution in [2.45, 2.75) is 33.0 Å². The van der Waals surface area contributed by atoms with Crippen molar-refractivity contribution in [3.8, 4) is 0 Å². The molecule has 2 N–H and O–H groups in total. The van der Waals surface area contributed by atoms with Crippen LogP contribution in [0.2, 0.25) is 0 Å². The summed E-state index contributed by atoms with van der Waals surface area (Å²) in [6, 6.07) is 9.29. The number of amides is 1. The predicted octanol–water partition coefficient (Wildman–Crippen LogP) is 1.90. The van der Waals surface area contributed by atoms with Gasteiger partial charge in [0, 0.05) is 13.7 Å². The fourth-order valence-corrected chi connectivity index (χ4v) is 1.62. The molecule has 106 valence electrons. The molecule has 0 aliphatic rings. The van der Waals surface area contributed by atoms with Gasteiger partial charge in [-0.1, -0.05) is 51.1 Å². The van der Waals surface area contributed by atoms with Crippen LogP contribution in [-0.2, 0) is 9.53 Å². The van der Waals surface area contributed by atoms with Crippen molar-refractivity contribution >= 4 is 5.91 Å². The van der Waals surface area contributed by atoms with E-state index in [1.54, 1.807) is 0 Å². The molecule has 0 saturated heterocycles. The summed E-state index contributed by atoms with van der Waals surface area (Å²) in [6.45, 7) is 5.99. The van der Waals surface area contributed by atoms with E-state index in [1.807, 2.05) is 51.1 Å². The van der Waals surface area contributed by atoms with Gasteiger partial charge in [0.2, 0.25) is 0 Å². The summed E-state index contributed by atoms with van der Waals surface area (Å²) in [7, 11) is 1.50. The van der Waals surface area contributed by atoms with Crippen LogP contribution in [0.15, 0.2) is 30.3 Å². The van der Waals surface area contributed by atoms with E-state index in [2.05, 4.69) is 5.32 Å². The quantitative estimate of drug-likeness (QED) is 0.855. The number of hydrogen-bond donors (Lipinski definition) is 2. The Morgan fingerprint density at radius 2 is 1.89 bits per heavy atom. The van der Waals surface area contributed by atoms with Crippen LogP contribution in [0.25, 0.3) is 0 Å². The van der Waals surface area contributed by atoms with Crippen molar-refractivity contribution < 1.29 is 14.6 Å². The van der Waals surface area contributed by atoms with Crippen molar-refractivity contribution in [1.29, 1.82) is 0 Å². The first-order chi connectivity index (χ1) is 8.86. The molecule has 1 amide bonds. The van der Waals surface area contributed by atoms with Gasteiger partial charge in [-0.3, -0.25) is 4.79 Å². The second-order valence-electron chi connectivity index (χ2n) is 5.65. The van der Waals surface area contributed by atoms with Gasteiger partial charge in [0.1, 0.15) is 0 Å². The highest BCUT2D eigenvalue weighted by Gasteiger charge is 2.25. The summed E-state index contributed by atoms with van der Waals surface area (Å²) in [5, 5.41) is 12.6. The molecule has 0 heterocycles. The molecule has 0 fully saturated rings. The summed E-state index contributed by atoms with van der Waals surface area (Å²) in [4.78, 5) is 12.1. The molecule has 2 atom stereocenters. The third-order valence-electron chi connectivity index (χ3n) is 3.05. The van der Waals surface area contributed by atoms with Crippen molar-refractivity contribution in [2.75, 3.05) is 13.7 Å². The minimum Gasteiger partial charge on any atom is -0.391 e. The summed E-state index contributed by atoms with van der Waals surface area (Å²) >= 11 is 0. The second kappa shape index (κ2) is 6.68. The Morgan fingerprint density at radius 1 is 1.32 bits per heavy atom. The highest BCUT2D eigenvalue weighted by molar-refractivity contribution is 5.82. The number of nitrogens with one attached hydrogen (secondary N) is 1. The smallest absolute Gasteiger partial charge is 0.253 e. The standard InChI is InChI=1S/C15H23NO3/c1-15(2,3)12(17)10-16-14(18)13(19-4)11-8-6-5-7-9-11/h5-9,12-13,17H,10H2,1-4H3,(H,16,18). The van der Waals surface area contributed by atoms with Crippen LogP contribution < -0.4 is 5.32 Å². The zero-order chi connectivity index (χ0) is 14.5. The number of benzene rings is 1. The maximum Gasteiger partial charge on any atom is 0.253 e. The Morgan fingerprint density at radius 3 is 2.37 bits per heavy atom. The molecular formula is C15H23NO3. The van der Waals surface area contributed by atoms with Crippen LogP contribution in [0.3, 0.4) is 0 Å². The highest BCUT2D eigenvalue weighted by atomic mass is 16.5. The Balaban J connectivity index is 2.61. The van der Waals surface area contributed by atoms with Crippen molar-refractivity contribution in [3.05, 3.63) is 35.9 Å². The topological polar surface area (TPSA) is 58.6 Å². The van der Waals surface area contributed by atoms with Gasteiger partial charge < -0.3 is 15.2 Å². The van der Waals surface area contributed by atoms with E-state index >= 15 is 0 Å². The van der Waals surface area contributed by atoms with Crippen molar-refractivity contribution in [2.24, 2.45) is 5.41 Å². The van der Waals surface area contributed by atoms with E-state index in [4.69, 9.17) is 4.74 Å². The Kier molecular flexibility index (Phi) is 5.51. The summed E-state index contributed by atoms with van der Waals surface area (Å²) < 4.78 is 5.22. The fraction of sp³-hybridized carbons (Fsp3) is 0.533. The van der Waals surface area contributed by atoms with Crippen LogP contribution in [0.5, 0.6) is 0 Å². The highest BCUT2D eigenvalue weighted by Crippen LogP contribution is 2.19. The molecule has 0 bridgehead atoms. The number of rotatable bonds is 5. The lowest BCUT2D eigenvalue weighted by Gasteiger charge is -2.26. The molecule has 1 aromatic carbocycles. The summed E-state index contributed by atoms with van der Waals surface area (Å²) in [5.41, 5.74) is 0.538. The average molecular weight is 265 g/mol. The molecule has 0 spiro atoms. The summed E-state index contributed by atoms with van der Waals surface area (Å²) in [6.07, 6.45) is -1.24. The number of carbonyl (C=O) groups excluding carboxylic acids is 1. The largest absolute Gasteiger partial charge is 0.391 e. The van der Waals surface area contributed by atoms with E-state index < -0.39 is 12.2 Å². The molecule has 2 unspecified atom stereocenters. The van der Waals surface area contributed by atoms with Gasteiger partial charge in [-0.15, -0.1) is 0 Å². The fourth-order valence-electron chi connectivity index (χ4n) is 1.62. The van der Waals surface area contributed by atoms with Crippen LogP contribution in [0.1, 0.15) is 32.4 Å². The normalized spacial score (nSPS) is 14.8. The first kappa shape index (κ1) is 15.7. The minimum absolute atomic E-state index is 0.217. The van der Waals surface area contributed by atoms with Crippen LogP contribution in [0.4, 0.5) is 0 Å². The SMILES string of the molecule is COC(C(=O)NCC(O)C(C)(C)C)c1ccccc1. The molecule has 0 aliphatic carbocycles. The van der Waals surface area contributed by atoms with Gasteiger partial charge in [0.25, 0.3) is 5.91 Å². The van der Waals surface area contributed by atoms with Gasteiger partial charge in [-0.05, 0) is 11.0 Å². The molecule has 1 aromatic rings. The maximum atomic E-state index is 12.1. The lowest BCUT2D eigenvalue weighted by molar-refractivity contribution is -0.132. The van der Waals surface area contributed by atoms with E-state index in [-0.39, 0.29) is 17.9 Å². The van der Waals surface area contributed by atoms with Gasteiger partial charge in [-0.2, -0.15) is 0 Å². The first-order valence-corrected chi connectivity index (χ1v) is 6.39. The Hall–Kier alpha value is -1.39. The van der Waals surface area contributed by atoms with E-state index in [0.717, 1.165) is 5.56 Å². The molecule has 4 heteroatoms. The average Bonchev–Trinajstić information content (AvgIpc) is 2.37. The maximum absolute atomic E-state index is 12.1. The number of hydrogen-bond acceptors (Lipinski definition) is 3. The molecule has 0 aromatic heterocycles. The number of ether oxygens (including phenoxy) is 1. The molecule has 19 heavy (non-hydrogen) atoms. The Bertz CT molecular complexity index is 398. The van der Waals surface area contributed by atoms with Crippen LogP contribution in [0, 0.1) is 5.41 Å². The number of methoxy groups -OCH3 is 1. The third-order valence-corrected chi connectivity index (χ3v) is 3.05. The van der Waals surface area contributed by atoms with Crippen LogP contribution in [-0.4, -0.2) is 30.8 Å². The molecular weight excluding hydrogens is 242 g/mol. The van der Waals surface area contributed by atoms with E-state index in [9.17, 15) is 9.90 Å². The van der Waals surface area contributed by atoms with Gasteiger partial charge in [0.15, 0.2) is 6.10 Å². The van der Waals surface area contributed by atoms with Gasteiger partial charge >= 0.3 is 0 Å².